The van der Waals surface area contributed by atoms with Crippen LogP contribution in [0.2, 0.25) is 0 Å². The van der Waals surface area contributed by atoms with Crippen molar-refractivity contribution >= 4 is 5.97 Å². The van der Waals surface area contributed by atoms with Crippen LogP contribution in [0.4, 0.5) is 0 Å². The minimum atomic E-state index is -0.600. The minimum Gasteiger partial charge on any atom is -0.465 e. The lowest BCUT2D eigenvalue weighted by Crippen LogP contribution is -2.24. The standard InChI is InChI=1S/C26H40O2/c1-5-7-8-9-10-11-12-13-14-15-16-17-18-19-20-21-22-23-24-26(3,4)25(27)28-6-2/h13-24H,5-12H2,1-4H3. The SMILES string of the molecule is CCCCCCCCC=CC=CC=CC=CC=CC=CC(C)(C)C(=O)OCC. The molecule has 0 unspecified atom stereocenters. The number of unbranched alkanes of at least 4 members (excludes halogenated alkanes) is 6. The van der Waals surface area contributed by atoms with Crippen LogP contribution >= 0.6 is 0 Å². The highest BCUT2D eigenvalue weighted by atomic mass is 16.5. The van der Waals surface area contributed by atoms with E-state index in [0.717, 1.165) is 0 Å². The van der Waals surface area contributed by atoms with E-state index in [0.29, 0.717) is 6.61 Å². The Morgan fingerprint density at radius 1 is 0.714 bits per heavy atom. The normalized spacial score (nSPS) is 13.4. The van der Waals surface area contributed by atoms with Gasteiger partial charge in [-0.15, -0.1) is 0 Å². The molecule has 0 atom stereocenters. The topological polar surface area (TPSA) is 26.3 Å². The smallest absolute Gasteiger partial charge is 0.315 e. The third-order valence-electron chi connectivity index (χ3n) is 4.17. The number of carbonyl (C=O) groups excluding carboxylic acids is 1. The highest BCUT2D eigenvalue weighted by Gasteiger charge is 2.25. The number of esters is 1. The molecule has 0 saturated carbocycles. The van der Waals surface area contributed by atoms with Crippen molar-refractivity contribution in [2.24, 2.45) is 5.41 Å². The van der Waals surface area contributed by atoms with E-state index in [4.69, 9.17) is 4.74 Å². The van der Waals surface area contributed by atoms with E-state index >= 15 is 0 Å². The third kappa shape index (κ3) is 16.1. The summed E-state index contributed by atoms with van der Waals surface area (Å²) in [5, 5.41) is 0. The van der Waals surface area contributed by atoms with Crippen molar-refractivity contribution < 1.29 is 9.53 Å². The fraction of sp³-hybridized carbons (Fsp3) is 0.500. The van der Waals surface area contributed by atoms with Gasteiger partial charge in [0.25, 0.3) is 0 Å². The summed E-state index contributed by atoms with van der Waals surface area (Å²) in [6, 6.07) is 0. The van der Waals surface area contributed by atoms with Gasteiger partial charge in [0.1, 0.15) is 0 Å². The first-order valence-corrected chi connectivity index (χ1v) is 10.7. The Bertz CT molecular complexity index is 557. The second-order valence-corrected chi connectivity index (χ2v) is 7.33. The zero-order valence-electron chi connectivity index (χ0n) is 18.4. The molecular formula is C26H40O2. The summed E-state index contributed by atoms with van der Waals surface area (Å²) in [7, 11) is 0. The van der Waals surface area contributed by atoms with E-state index in [1.807, 2.05) is 75.5 Å². The van der Waals surface area contributed by atoms with E-state index in [9.17, 15) is 4.79 Å². The Morgan fingerprint density at radius 2 is 1.21 bits per heavy atom. The summed E-state index contributed by atoms with van der Waals surface area (Å²) >= 11 is 0. The molecule has 0 fully saturated rings. The van der Waals surface area contributed by atoms with Gasteiger partial charge in [-0.2, -0.15) is 0 Å². The first-order chi connectivity index (χ1) is 13.5. The summed E-state index contributed by atoms with van der Waals surface area (Å²) in [6.07, 6.45) is 33.2. The Kier molecular flexibility index (Phi) is 16.9. The van der Waals surface area contributed by atoms with Crippen LogP contribution in [0.15, 0.2) is 72.9 Å². The Balaban J connectivity index is 3.92. The molecular weight excluding hydrogens is 344 g/mol. The second-order valence-electron chi connectivity index (χ2n) is 7.33. The number of allylic oxidation sites excluding steroid dienone is 11. The predicted molar refractivity (Wildman–Crippen MR) is 123 cm³/mol. The van der Waals surface area contributed by atoms with Crippen molar-refractivity contribution in [3.8, 4) is 0 Å². The van der Waals surface area contributed by atoms with E-state index in [2.05, 4.69) is 25.2 Å². The average molecular weight is 385 g/mol. The van der Waals surface area contributed by atoms with Gasteiger partial charge in [-0.05, 0) is 33.6 Å². The minimum absolute atomic E-state index is 0.203. The van der Waals surface area contributed by atoms with Crippen molar-refractivity contribution in [3.05, 3.63) is 72.9 Å². The first-order valence-electron chi connectivity index (χ1n) is 10.7. The molecule has 0 aliphatic carbocycles. The average Bonchev–Trinajstić information content (AvgIpc) is 2.67. The van der Waals surface area contributed by atoms with Crippen molar-refractivity contribution in [1.29, 1.82) is 0 Å². The van der Waals surface area contributed by atoms with Gasteiger partial charge < -0.3 is 4.74 Å². The van der Waals surface area contributed by atoms with Crippen molar-refractivity contribution in [1.82, 2.24) is 0 Å². The Hall–Kier alpha value is -2.09. The first kappa shape index (κ1) is 25.9. The summed E-state index contributed by atoms with van der Waals surface area (Å²) in [5.41, 5.74) is -0.600. The van der Waals surface area contributed by atoms with Crippen molar-refractivity contribution in [3.63, 3.8) is 0 Å². The largest absolute Gasteiger partial charge is 0.465 e. The molecule has 0 heterocycles. The quantitative estimate of drug-likeness (QED) is 0.164. The highest BCUT2D eigenvalue weighted by molar-refractivity contribution is 5.78. The highest BCUT2D eigenvalue weighted by Crippen LogP contribution is 2.19. The fourth-order valence-electron chi connectivity index (χ4n) is 2.41. The molecule has 0 aliphatic rings. The molecule has 156 valence electrons. The Labute approximate surface area is 173 Å². The van der Waals surface area contributed by atoms with E-state index in [-0.39, 0.29) is 5.97 Å². The molecule has 0 N–H and O–H groups in total. The number of carbonyl (C=O) groups is 1. The lowest BCUT2D eigenvalue weighted by molar-refractivity contribution is -0.150. The maximum Gasteiger partial charge on any atom is 0.315 e. The maximum atomic E-state index is 11.7. The van der Waals surface area contributed by atoms with Gasteiger partial charge in [-0.1, -0.05) is 112 Å². The van der Waals surface area contributed by atoms with Crippen molar-refractivity contribution in [2.75, 3.05) is 6.61 Å². The molecule has 0 bridgehead atoms. The number of hydrogen-bond donors (Lipinski definition) is 0. The van der Waals surface area contributed by atoms with E-state index in [1.165, 1.54) is 44.9 Å². The summed E-state index contributed by atoms with van der Waals surface area (Å²) in [6.45, 7) is 8.18. The molecule has 0 spiro atoms. The van der Waals surface area contributed by atoms with Crippen LogP contribution in [-0.4, -0.2) is 12.6 Å². The zero-order chi connectivity index (χ0) is 20.9. The van der Waals surface area contributed by atoms with Crippen LogP contribution in [0, 0.1) is 5.41 Å². The van der Waals surface area contributed by atoms with E-state index < -0.39 is 5.41 Å². The molecule has 2 heteroatoms. The summed E-state index contributed by atoms with van der Waals surface area (Å²) < 4.78 is 5.05. The van der Waals surface area contributed by atoms with E-state index in [1.54, 1.807) is 0 Å². The molecule has 0 rings (SSSR count). The number of hydrogen-bond acceptors (Lipinski definition) is 2. The van der Waals surface area contributed by atoms with Gasteiger partial charge in [0, 0.05) is 0 Å². The second kappa shape index (κ2) is 18.3. The van der Waals surface area contributed by atoms with Gasteiger partial charge >= 0.3 is 5.97 Å². The maximum absolute atomic E-state index is 11.7. The van der Waals surface area contributed by atoms with Gasteiger partial charge in [0.15, 0.2) is 0 Å². The molecule has 0 saturated heterocycles. The summed E-state index contributed by atoms with van der Waals surface area (Å²) in [5.74, 6) is -0.203. The fourth-order valence-corrected chi connectivity index (χ4v) is 2.41. The van der Waals surface area contributed by atoms with Gasteiger partial charge in [0.05, 0.1) is 12.0 Å². The zero-order valence-corrected chi connectivity index (χ0v) is 18.4. The summed E-state index contributed by atoms with van der Waals surface area (Å²) in [4.78, 5) is 11.7. The van der Waals surface area contributed by atoms with Gasteiger partial charge in [-0.25, -0.2) is 0 Å². The Morgan fingerprint density at radius 3 is 1.79 bits per heavy atom. The van der Waals surface area contributed by atoms with Gasteiger partial charge in [-0.3, -0.25) is 4.79 Å². The molecule has 0 aromatic rings. The molecule has 0 aromatic carbocycles. The monoisotopic (exact) mass is 384 g/mol. The lowest BCUT2D eigenvalue weighted by Gasteiger charge is -2.17. The predicted octanol–water partition coefficient (Wildman–Crippen LogP) is 7.66. The molecule has 0 aromatic heterocycles. The van der Waals surface area contributed by atoms with Crippen LogP contribution in [0.5, 0.6) is 0 Å². The van der Waals surface area contributed by atoms with Crippen molar-refractivity contribution in [2.45, 2.75) is 72.6 Å². The van der Waals surface area contributed by atoms with Crippen LogP contribution < -0.4 is 0 Å². The number of ether oxygens (including phenoxy) is 1. The van der Waals surface area contributed by atoms with Crippen LogP contribution in [-0.2, 0) is 9.53 Å². The van der Waals surface area contributed by atoms with Gasteiger partial charge in [0.2, 0.25) is 0 Å². The molecule has 28 heavy (non-hydrogen) atoms. The molecule has 0 radical (unpaired) electrons. The lowest BCUT2D eigenvalue weighted by atomic mass is 9.93. The molecule has 2 nitrogen and oxygen atoms in total. The third-order valence-corrected chi connectivity index (χ3v) is 4.17. The van der Waals surface area contributed by atoms with Crippen LogP contribution in [0.3, 0.4) is 0 Å². The molecule has 0 aliphatic heterocycles. The molecule has 0 amide bonds. The number of rotatable bonds is 15. The van der Waals surface area contributed by atoms with Crippen LogP contribution in [0.25, 0.3) is 0 Å². The van der Waals surface area contributed by atoms with Crippen LogP contribution in [0.1, 0.15) is 72.6 Å².